The van der Waals surface area contributed by atoms with Gasteiger partial charge in [0, 0.05) is 24.3 Å². The lowest BCUT2D eigenvalue weighted by atomic mass is 10.0. The molecular weight excluding hydrogens is 274 g/mol. The molecule has 1 unspecified atom stereocenters. The van der Waals surface area contributed by atoms with Gasteiger partial charge < -0.3 is 4.42 Å². The molecule has 0 bridgehead atoms. The van der Waals surface area contributed by atoms with E-state index in [1.165, 1.54) is 5.56 Å². The van der Waals surface area contributed by atoms with E-state index < -0.39 is 0 Å². The standard InChI is InChI=1S/C18H19N3O/c1-14(17-9-10-19-13-20-17)21(2)12-15-6-3-4-7-16(15)18-8-5-11-22-18/h3-11,13-14H,12H2,1-2H3. The molecule has 0 aliphatic carbocycles. The number of hydrogen-bond acceptors (Lipinski definition) is 4. The van der Waals surface area contributed by atoms with Gasteiger partial charge in [-0.3, -0.25) is 4.90 Å². The molecular formula is C18H19N3O. The Balaban J connectivity index is 1.82. The van der Waals surface area contributed by atoms with E-state index in [-0.39, 0.29) is 6.04 Å². The number of hydrogen-bond donors (Lipinski definition) is 0. The monoisotopic (exact) mass is 293 g/mol. The summed E-state index contributed by atoms with van der Waals surface area (Å²) in [7, 11) is 2.10. The van der Waals surface area contributed by atoms with Crippen molar-refractivity contribution in [3.05, 3.63) is 72.5 Å². The first-order chi connectivity index (χ1) is 10.8. The Labute approximate surface area is 130 Å². The fraction of sp³-hybridized carbons (Fsp3) is 0.222. The molecule has 0 saturated carbocycles. The van der Waals surface area contributed by atoms with Crippen molar-refractivity contribution in [1.29, 1.82) is 0 Å². The second-order valence-electron chi connectivity index (χ2n) is 5.36. The third kappa shape index (κ3) is 3.07. The molecule has 0 radical (unpaired) electrons. The number of rotatable bonds is 5. The Morgan fingerprint density at radius 3 is 2.73 bits per heavy atom. The number of furan rings is 1. The zero-order chi connectivity index (χ0) is 15.4. The molecule has 0 spiro atoms. The van der Waals surface area contributed by atoms with Crippen molar-refractivity contribution in [3.8, 4) is 11.3 Å². The molecule has 1 atom stereocenters. The maximum absolute atomic E-state index is 5.55. The summed E-state index contributed by atoms with van der Waals surface area (Å²) in [5, 5.41) is 0. The lowest BCUT2D eigenvalue weighted by Gasteiger charge is -2.25. The summed E-state index contributed by atoms with van der Waals surface area (Å²) in [4.78, 5) is 10.6. The molecule has 0 saturated heterocycles. The summed E-state index contributed by atoms with van der Waals surface area (Å²) in [6, 6.07) is 14.4. The summed E-state index contributed by atoms with van der Waals surface area (Å²) in [6.07, 6.45) is 5.08. The van der Waals surface area contributed by atoms with Gasteiger partial charge >= 0.3 is 0 Å². The van der Waals surface area contributed by atoms with Gasteiger partial charge in [0.05, 0.1) is 12.0 Å². The minimum atomic E-state index is 0.215. The van der Waals surface area contributed by atoms with E-state index in [4.69, 9.17) is 4.42 Å². The smallest absolute Gasteiger partial charge is 0.134 e. The van der Waals surface area contributed by atoms with Crippen molar-refractivity contribution >= 4 is 0 Å². The molecule has 4 nitrogen and oxygen atoms in total. The summed E-state index contributed by atoms with van der Waals surface area (Å²) in [6.45, 7) is 2.97. The molecule has 1 aromatic carbocycles. The largest absolute Gasteiger partial charge is 0.464 e. The molecule has 3 rings (SSSR count). The van der Waals surface area contributed by atoms with Crippen LogP contribution < -0.4 is 0 Å². The van der Waals surface area contributed by atoms with E-state index in [2.05, 4.69) is 47.0 Å². The quantitative estimate of drug-likeness (QED) is 0.715. The van der Waals surface area contributed by atoms with Gasteiger partial charge in [0.2, 0.25) is 0 Å². The van der Waals surface area contributed by atoms with Gasteiger partial charge in [0.25, 0.3) is 0 Å². The maximum Gasteiger partial charge on any atom is 0.134 e. The van der Waals surface area contributed by atoms with Crippen LogP contribution in [0.4, 0.5) is 0 Å². The van der Waals surface area contributed by atoms with Crippen molar-refractivity contribution in [2.45, 2.75) is 19.5 Å². The first-order valence-electron chi connectivity index (χ1n) is 7.33. The van der Waals surface area contributed by atoms with E-state index in [0.29, 0.717) is 0 Å². The van der Waals surface area contributed by atoms with Gasteiger partial charge in [0.1, 0.15) is 12.1 Å². The molecule has 2 heterocycles. The SMILES string of the molecule is CC(c1ccncn1)N(C)Cc1ccccc1-c1ccco1. The second kappa shape index (κ2) is 6.54. The summed E-state index contributed by atoms with van der Waals surface area (Å²) < 4.78 is 5.55. The zero-order valence-electron chi connectivity index (χ0n) is 12.8. The molecule has 22 heavy (non-hydrogen) atoms. The first-order valence-corrected chi connectivity index (χ1v) is 7.33. The Morgan fingerprint density at radius 1 is 1.14 bits per heavy atom. The van der Waals surface area contributed by atoms with E-state index in [9.17, 15) is 0 Å². The van der Waals surface area contributed by atoms with Gasteiger partial charge in [0.15, 0.2) is 0 Å². The van der Waals surface area contributed by atoms with E-state index >= 15 is 0 Å². The van der Waals surface area contributed by atoms with Crippen LogP contribution in [-0.2, 0) is 6.54 Å². The fourth-order valence-corrected chi connectivity index (χ4v) is 2.51. The molecule has 2 aromatic heterocycles. The van der Waals surface area contributed by atoms with E-state index in [1.807, 2.05) is 24.3 Å². The average molecular weight is 293 g/mol. The molecule has 0 aliphatic rings. The van der Waals surface area contributed by atoms with Crippen LogP contribution in [0.3, 0.4) is 0 Å². The molecule has 0 aliphatic heterocycles. The molecule has 112 valence electrons. The van der Waals surface area contributed by atoms with Crippen molar-refractivity contribution in [1.82, 2.24) is 14.9 Å². The summed E-state index contributed by atoms with van der Waals surface area (Å²) in [5.74, 6) is 0.902. The van der Waals surface area contributed by atoms with Crippen LogP contribution in [0, 0.1) is 0 Å². The lowest BCUT2D eigenvalue weighted by Crippen LogP contribution is -2.23. The predicted octanol–water partition coefficient (Wildman–Crippen LogP) is 3.93. The first kappa shape index (κ1) is 14.5. The second-order valence-corrected chi connectivity index (χ2v) is 5.36. The van der Waals surface area contributed by atoms with Gasteiger partial charge in [-0.15, -0.1) is 0 Å². The highest BCUT2D eigenvalue weighted by atomic mass is 16.3. The number of aromatic nitrogens is 2. The molecule has 0 amide bonds. The van der Waals surface area contributed by atoms with Crippen LogP contribution >= 0.6 is 0 Å². The van der Waals surface area contributed by atoms with Gasteiger partial charge in [-0.1, -0.05) is 24.3 Å². The van der Waals surface area contributed by atoms with Crippen molar-refractivity contribution in [2.24, 2.45) is 0 Å². The topological polar surface area (TPSA) is 42.2 Å². The van der Waals surface area contributed by atoms with Crippen LogP contribution in [0.15, 0.2) is 65.7 Å². The third-order valence-corrected chi connectivity index (χ3v) is 3.92. The van der Waals surface area contributed by atoms with E-state index in [0.717, 1.165) is 23.6 Å². The highest BCUT2D eigenvalue weighted by Crippen LogP contribution is 2.27. The van der Waals surface area contributed by atoms with Gasteiger partial charge in [-0.25, -0.2) is 9.97 Å². The van der Waals surface area contributed by atoms with Crippen molar-refractivity contribution in [3.63, 3.8) is 0 Å². The number of nitrogens with zero attached hydrogens (tertiary/aromatic N) is 3. The lowest BCUT2D eigenvalue weighted by molar-refractivity contribution is 0.248. The Kier molecular flexibility index (Phi) is 4.30. The third-order valence-electron chi connectivity index (χ3n) is 3.92. The fourth-order valence-electron chi connectivity index (χ4n) is 2.51. The van der Waals surface area contributed by atoms with Crippen LogP contribution in [0.1, 0.15) is 24.2 Å². The Bertz CT molecular complexity index is 710. The van der Waals surface area contributed by atoms with Gasteiger partial charge in [-0.05, 0) is 37.7 Å². The number of benzene rings is 1. The van der Waals surface area contributed by atoms with Crippen molar-refractivity contribution in [2.75, 3.05) is 7.05 Å². The normalized spacial score (nSPS) is 12.5. The van der Waals surface area contributed by atoms with E-state index in [1.54, 1.807) is 18.8 Å². The average Bonchev–Trinajstić information content (AvgIpc) is 3.10. The molecule has 0 N–H and O–H groups in total. The molecule has 0 fully saturated rings. The van der Waals surface area contributed by atoms with Gasteiger partial charge in [-0.2, -0.15) is 0 Å². The summed E-state index contributed by atoms with van der Waals surface area (Å²) in [5.41, 5.74) is 3.39. The van der Waals surface area contributed by atoms with Crippen LogP contribution in [0.2, 0.25) is 0 Å². The minimum absolute atomic E-state index is 0.215. The van der Waals surface area contributed by atoms with Crippen molar-refractivity contribution < 1.29 is 4.42 Å². The predicted molar refractivity (Wildman–Crippen MR) is 86.1 cm³/mol. The molecule has 4 heteroatoms. The van der Waals surface area contributed by atoms with Crippen LogP contribution in [0.5, 0.6) is 0 Å². The zero-order valence-corrected chi connectivity index (χ0v) is 12.8. The Morgan fingerprint density at radius 2 is 2.00 bits per heavy atom. The van der Waals surface area contributed by atoms with Crippen LogP contribution in [-0.4, -0.2) is 21.9 Å². The molecule has 3 aromatic rings. The maximum atomic E-state index is 5.55. The minimum Gasteiger partial charge on any atom is -0.464 e. The highest BCUT2D eigenvalue weighted by Gasteiger charge is 2.15. The Hall–Kier alpha value is -2.46. The highest BCUT2D eigenvalue weighted by molar-refractivity contribution is 5.61. The summed E-state index contributed by atoms with van der Waals surface area (Å²) >= 11 is 0. The van der Waals surface area contributed by atoms with Crippen LogP contribution in [0.25, 0.3) is 11.3 Å².